The van der Waals surface area contributed by atoms with E-state index in [0.717, 1.165) is 16.8 Å². The first-order valence-corrected chi connectivity index (χ1v) is 5.36. The molecule has 3 nitrogen and oxygen atoms in total. The van der Waals surface area contributed by atoms with E-state index in [1.807, 2.05) is 32.0 Å². The second kappa shape index (κ2) is 5.45. The number of aryl methyl sites for hydroxylation is 2. The molecule has 86 valence electrons. The molecular weight excluding hydrogens is 202 g/mol. The molecule has 1 aromatic rings. The van der Waals surface area contributed by atoms with E-state index in [0.29, 0.717) is 6.42 Å². The van der Waals surface area contributed by atoms with Gasteiger partial charge in [0.25, 0.3) is 0 Å². The predicted octanol–water partition coefficient (Wildman–Crippen LogP) is 2.61. The van der Waals surface area contributed by atoms with E-state index < -0.39 is 0 Å². The zero-order chi connectivity index (χ0) is 12.1. The van der Waals surface area contributed by atoms with Crippen LogP contribution in [-0.2, 0) is 9.59 Å². The molecule has 0 atom stereocenters. The van der Waals surface area contributed by atoms with Gasteiger partial charge in [-0.3, -0.25) is 4.79 Å². The number of para-hydroxylation sites is 1. The summed E-state index contributed by atoms with van der Waals surface area (Å²) < 4.78 is 0. The standard InChI is InChI=1S/C13H17NO2/c1-9-5-4-6-10(2)13(9)14-12(16)8-7-11(3)15/h4-6H,7-8H2,1-3H3,(H,14,16). The average molecular weight is 219 g/mol. The summed E-state index contributed by atoms with van der Waals surface area (Å²) in [4.78, 5) is 22.3. The highest BCUT2D eigenvalue weighted by molar-refractivity contribution is 5.94. The first kappa shape index (κ1) is 12.4. The number of nitrogens with one attached hydrogen (secondary N) is 1. The van der Waals surface area contributed by atoms with E-state index in [9.17, 15) is 9.59 Å². The third-order valence-electron chi connectivity index (χ3n) is 2.45. The van der Waals surface area contributed by atoms with Crippen molar-refractivity contribution in [2.75, 3.05) is 5.32 Å². The lowest BCUT2D eigenvalue weighted by Gasteiger charge is -2.10. The predicted molar refractivity (Wildman–Crippen MR) is 64.5 cm³/mol. The third-order valence-corrected chi connectivity index (χ3v) is 2.45. The minimum atomic E-state index is -0.104. The molecular formula is C13H17NO2. The number of carbonyl (C=O) groups excluding carboxylic acids is 2. The SMILES string of the molecule is CC(=O)CCC(=O)Nc1c(C)cccc1C. The number of anilines is 1. The monoisotopic (exact) mass is 219 g/mol. The van der Waals surface area contributed by atoms with Gasteiger partial charge in [0.15, 0.2) is 0 Å². The number of Topliss-reactive ketones (excluding diaryl/α,β-unsaturated/α-hetero) is 1. The molecule has 0 aliphatic rings. The maximum absolute atomic E-state index is 11.6. The smallest absolute Gasteiger partial charge is 0.224 e. The molecule has 16 heavy (non-hydrogen) atoms. The molecule has 0 radical (unpaired) electrons. The van der Waals surface area contributed by atoms with E-state index in [-0.39, 0.29) is 18.1 Å². The first-order valence-electron chi connectivity index (χ1n) is 5.36. The summed E-state index contributed by atoms with van der Waals surface area (Å²) in [7, 11) is 0. The van der Waals surface area contributed by atoms with E-state index in [2.05, 4.69) is 5.32 Å². The number of rotatable bonds is 4. The highest BCUT2D eigenvalue weighted by Gasteiger charge is 2.07. The minimum absolute atomic E-state index is 0.0386. The Morgan fingerprint density at radius 3 is 2.19 bits per heavy atom. The van der Waals surface area contributed by atoms with Crippen molar-refractivity contribution in [3.05, 3.63) is 29.3 Å². The average Bonchev–Trinajstić information content (AvgIpc) is 2.21. The second-order valence-corrected chi connectivity index (χ2v) is 4.02. The van der Waals surface area contributed by atoms with E-state index in [4.69, 9.17) is 0 Å². The van der Waals surface area contributed by atoms with Gasteiger partial charge in [-0.1, -0.05) is 18.2 Å². The molecule has 0 aliphatic carbocycles. The van der Waals surface area contributed by atoms with Crippen molar-refractivity contribution in [1.82, 2.24) is 0 Å². The molecule has 0 saturated carbocycles. The van der Waals surface area contributed by atoms with Gasteiger partial charge in [-0.15, -0.1) is 0 Å². The molecule has 0 unspecified atom stereocenters. The van der Waals surface area contributed by atoms with Crippen LogP contribution < -0.4 is 5.32 Å². The van der Waals surface area contributed by atoms with Crippen molar-refractivity contribution in [3.8, 4) is 0 Å². The lowest BCUT2D eigenvalue weighted by Crippen LogP contribution is -2.14. The Labute approximate surface area is 95.9 Å². The van der Waals surface area contributed by atoms with Crippen molar-refractivity contribution in [3.63, 3.8) is 0 Å². The number of ketones is 1. The van der Waals surface area contributed by atoms with Crippen LogP contribution in [0.3, 0.4) is 0 Å². The second-order valence-electron chi connectivity index (χ2n) is 4.02. The number of carbonyl (C=O) groups is 2. The fourth-order valence-corrected chi connectivity index (χ4v) is 1.50. The van der Waals surface area contributed by atoms with Gasteiger partial charge in [-0.2, -0.15) is 0 Å². The number of hydrogen-bond donors (Lipinski definition) is 1. The number of hydrogen-bond acceptors (Lipinski definition) is 2. The van der Waals surface area contributed by atoms with Gasteiger partial charge in [-0.05, 0) is 31.9 Å². The highest BCUT2D eigenvalue weighted by atomic mass is 16.2. The molecule has 1 N–H and O–H groups in total. The Kier molecular flexibility index (Phi) is 4.23. The Hall–Kier alpha value is -1.64. The molecule has 0 aromatic heterocycles. The number of benzene rings is 1. The van der Waals surface area contributed by atoms with Crippen LogP contribution in [0.25, 0.3) is 0 Å². The normalized spacial score (nSPS) is 9.94. The lowest BCUT2D eigenvalue weighted by atomic mass is 10.1. The molecule has 1 aromatic carbocycles. The maximum atomic E-state index is 11.6. The van der Waals surface area contributed by atoms with E-state index in [1.54, 1.807) is 0 Å². The van der Waals surface area contributed by atoms with Gasteiger partial charge in [-0.25, -0.2) is 0 Å². The van der Waals surface area contributed by atoms with Crippen LogP contribution in [0, 0.1) is 13.8 Å². The molecule has 1 rings (SSSR count). The van der Waals surface area contributed by atoms with Crippen molar-refractivity contribution in [2.45, 2.75) is 33.6 Å². The van der Waals surface area contributed by atoms with Gasteiger partial charge < -0.3 is 10.1 Å². The molecule has 1 amide bonds. The number of amides is 1. The van der Waals surface area contributed by atoms with Crippen LogP contribution in [0.4, 0.5) is 5.69 Å². The fraction of sp³-hybridized carbons (Fsp3) is 0.385. The minimum Gasteiger partial charge on any atom is -0.326 e. The molecule has 0 heterocycles. The van der Waals surface area contributed by atoms with Gasteiger partial charge in [0, 0.05) is 18.5 Å². The van der Waals surface area contributed by atoms with Crippen molar-refractivity contribution in [1.29, 1.82) is 0 Å². The zero-order valence-electron chi connectivity index (χ0n) is 9.96. The summed E-state index contributed by atoms with van der Waals surface area (Å²) in [6.45, 7) is 5.40. The summed E-state index contributed by atoms with van der Waals surface area (Å²) in [6.07, 6.45) is 0.555. The largest absolute Gasteiger partial charge is 0.326 e. The van der Waals surface area contributed by atoms with E-state index in [1.165, 1.54) is 6.92 Å². The van der Waals surface area contributed by atoms with E-state index >= 15 is 0 Å². The lowest BCUT2D eigenvalue weighted by molar-refractivity contribution is -0.121. The topological polar surface area (TPSA) is 46.2 Å². The van der Waals surface area contributed by atoms with Crippen molar-refractivity contribution in [2.24, 2.45) is 0 Å². The van der Waals surface area contributed by atoms with Crippen LogP contribution in [-0.4, -0.2) is 11.7 Å². The Morgan fingerprint density at radius 1 is 1.12 bits per heavy atom. The molecule has 0 aliphatic heterocycles. The van der Waals surface area contributed by atoms with Crippen LogP contribution in [0.15, 0.2) is 18.2 Å². The summed E-state index contributed by atoms with van der Waals surface area (Å²) in [5.41, 5.74) is 2.93. The van der Waals surface area contributed by atoms with Crippen LogP contribution in [0.1, 0.15) is 30.9 Å². The molecule has 0 spiro atoms. The Bertz CT molecular complexity index is 390. The van der Waals surface area contributed by atoms with Crippen molar-refractivity contribution >= 4 is 17.4 Å². The summed E-state index contributed by atoms with van der Waals surface area (Å²) in [5, 5.41) is 2.84. The third kappa shape index (κ3) is 3.50. The summed E-state index contributed by atoms with van der Waals surface area (Å²) in [6, 6.07) is 5.86. The fourth-order valence-electron chi connectivity index (χ4n) is 1.50. The van der Waals surface area contributed by atoms with Gasteiger partial charge in [0.1, 0.15) is 5.78 Å². The van der Waals surface area contributed by atoms with Crippen LogP contribution in [0.5, 0.6) is 0 Å². The summed E-state index contributed by atoms with van der Waals surface area (Å²) in [5.74, 6) is -0.0655. The Morgan fingerprint density at radius 2 is 1.69 bits per heavy atom. The quantitative estimate of drug-likeness (QED) is 0.846. The van der Waals surface area contributed by atoms with Gasteiger partial charge >= 0.3 is 0 Å². The van der Waals surface area contributed by atoms with Crippen LogP contribution in [0.2, 0.25) is 0 Å². The van der Waals surface area contributed by atoms with Crippen molar-refractivity contribution < 1.29 is 9.59 Å². The maximum Gasteiger partial charge on any atom is 0.224 e. The molecule has 0 bridgehead atoms. The van der Waals surface area contributed by atoms with Gasteiger partial charge in [0.05, 0.1) is 0 Å². The highest BCUT2D eigenvalue weighted by Crippen LogP contribution is 2.19. The molecule has 0 fully saturated rings. The van der Waals surface area contributed by atoms with Crippen LogP contribution >= 0.6 is 0 Å². The van der Waals surface area contributed by atoms with Gasteiger partial charge in [0.2, 0.25) is 5.91 Å². The molecule has 0 saturated heterocycles. The summed E-state index contributed by atoms with van der Waals surface area (Å²) >= 11 is 0. The Balaban J connectivity index is 2.66. The zero-order valence-corrected chi connectivity index (χ0v) is 9.96. The molecule has 3 heteroatoms. The first-order chi connectivity index (χ1) is 7.50.